The molecule has 13 heavy (non-hydrogen) atoms. The zero-order valence-corrected chi connectivity index (χ0v) is 6.34. The van der Waals surface area contributed by atoms with Gasteiger partial charge in [-0.3, -0.25) is 4.79 Å². The van der Waals surface area contributed by atoms with E-state index in [4.69, 9.17) is 0 Å². The minimum atomic E-state index is -3.10. The van der Waals surface area contributed by atoms with E-state index in [0.717, 1.165) is 12.1 Å². The van der Waals surface area contributed by atoms with E-state index in [1.54, 1.807) is 0 Å². The van der Waals surface area contributed by atoms with Crippen molar-refractivity contribution in [3.63, 3.8) is 0 Å². The van der Waals surface area contributed by atoms with Crippen LogP contribution in [-0.2, 0) is 0 Å². The van der Waals surface area contributed by atoms with Crippen molar-refractivity contribution in [3.05, 3.63) is 29.6 Å². The van der Waals surface area contributed by atoms with E-state index in [1.165, 1.54) is 6.07 Å². The van der Waals surface area contributed by atoms with Gasteiger partial charge in [-0.15, -0.1) is 0 Å². The van der Waals surface area contributed by atoms with Crippen molar-refractivity contribution >= 4 is 6.29 Å². The number of benzene rings is 1. The van der Waals surface area contributed by atoms with E-state index in [2.05, 4.69) is 4.74 Å². The summed E-state index contributed by atoms with van der Waals surface area (Å²) >= 11 is 0. The molecule has 0 radical (unpaired) electrons. The van der Waals surface area contributed by atoms with Gasteiger partial charge in [0.15, 0.2) is 11.6 Å². The van der Waals surface area contributed by atoms with Crippen LogP contribution >= 0.6 is 0 Å². The molecule has 0 N–H and O–H groups in total. The highest BCUT2D eigenvalue weighted by molar-refractivity contribution is 5.75. The summed E-state index contributed by atoms with van der Waals surface area (Å²) < 4.78 is 39.8. The van der Waals surface area contributed by atoms with Gasteiger partial charge in [-0.1, -0.05) is 0 Å². The zero-order valence-electron chi connectivity index (χ0n) is 6.34. The molecular formula is C8H5F3O2. The molecule has 1 aromatic carbocycles. The third-order valence-corrected chi connectivity index (χ3v) is 1.31. The Morgan fingerprint density at radius 1 is 1.38 bits per heavy atom. The second-order valence-corrected chi connectivity index (χ2v) is 2.19. The average Bonchev–Trinajstić information content (AvgIpc) is 2.08. The van der Waals surface area contributed by atoms with E-state index >= 15 is 0 Å². The molecule has 0 heterocycles. The van der Waals surface area contributed by atoms with Crippen molar-refractivity contribution in [2.24, 2.45) is 0 Å². The van der Waals surface area contributed by atoms with Crippen molar-refractivity contribution in [1.82, 2.24) is 0 Å². The van der Waals surface area contributed by atoms with Gasteiger partial charge >= 0.3 is 6.61 Å². The molecule has 2 nitrogen and oxygen atoms in total. The lowest BCUT2D eigenvalue weighted by Crippen LogP contribution is -2.04. The molecule has 0 atom stereocenters. The third kappa shape index (κ3) is 2.47. The summed E-state index contributed by atoms with van der Waals surface area (Å²) in [7, 11) is 0. The smallest absolute Gasteiger partial charge is 0.387 e. The van der Waals surface area contributed by atoms with Crippen molar-refractivity contribution in [3.8, 4) is 5.75 Å². The molecule has 0 amide bonds. The SMILES string of the molecule is O=Cc1ccc(F)c(OC(F)F)c1. The first-order valence-corrected chi connectivity index (χ1v) is 3.33. The number of carbonyl (C=O) groups excluding carboxylic acids is 1. The molecule has 0 spiro atoms. The van der Waals surface area contributed by atoms with E-state index < -0.39 is 18.2 Å². The highest BCUT2D eigenvalue weighted by atomic mass is 19.3. The molecule has 1 rings (SSSR count). The maximum atomic E-state index is 12.7. The number of hydrogen-bond donors (Lipinski definition) is 0. The Bertz CT molecular complexity index is 312. The fourth-order valence-electron chi connectivity index (χ4n) is 0.780. The maximum Gasteiger partial charge on any atom is 0.387 e. The van der Waals surface area contributed by atoms with Crippen LogP contribution in [0.15, 0.2) is 18.2 Å². The lowest BCUT2D eigenvalue weighted by molar-refractivity contribution is -0.0522. The van der Waals surface area contributed by atoms with Crippen LogP contribution in [0.25, 0.3) is 0 Å². The molecule has 0 saturated carbocycles. The van der Waals surface area contributed by atoms with Crippen LogP contribution in [0.5, 0.6) is 5.75 Å². The number of rotatable bonds is 3. The lowest BCUT2D eigenvalue weighted by atomic mass is 10.2. The Kier molecular flexibility index (Phi) is 2.89. The molecule has 0 saturated heterocycles. The molecule has 5 heteroatoms. The van der Waals surface area contributed by atoms with Gasteiger partial charge in [0.25, 0.3) is 0 Å². The summed E-state index contributed by atoms with van der Waals surface area (Å²) in [6.07, 6.45) is 0.414. The molecule has 0 aliphatic heterocycles. The predicted octanol–water partition coefficient (Wildman–Crippen LogP) is 2.24. The normalized spacial score (nSPS) is 10.2. The van der Waals surface area contributed by atoms with E-state index in [1.807, 2.05) is 0 Å². The monoisotopic (exact) mass is 190 g/mol. The van der Waals surface area contributed by atoms with Gasteiger partial charge in [0, 0.05) is 5.56 Å². The van der Waals surface area contributed by atoms with Crippen molar-refractivity contribution in [2.45, 2.75) is 6.61 Å². The topological polar surface area (TPSA) is 26.3 Å². The Morgan fingerprint density at radius 2 is 2.08 bits per heavy atom. The Morgan fingerprint density at radius 3 is 2.62 bits per heavy atom. The van der Waals surface area contributed by atoms with Crippen LogP contribution in [0.4, 0.5) is 13.2 Å². The van der Waals surface area contributed by atoms with Crippen LogP contribution < -0.4 is 4.74 Å². The fourth-order valence-corrected chi connectivity index (χ4v) is 0.780. The fraction of sp³-hybridized carbons (Fsp3) is 0.125. The molecule has 0 aliphatic carbocycles. The minimum Gasteiger partial charge on any atom is -0.432 e. The molecule has 0 fully saturated rings. The van der Waals surface area contributed by atoms with Crippen LogP contribution in [0.1, 0.15) is 10.4 Å². The summed E-state index contributed by atoms with van der Waals surface area (Å²) in [5.41, 5.74) is 0.0806. The van der Waals surface area contributed by atoms with Crippen LogP contribution in [-0.4, -0.2) is 12.9 Å². The van der Waals surface area contributed by atoms with Gasteiger partial charge in [0.2, 0.25) is 0 Å². The molecule has 0 aliphatic rings. The predicted molar refractivity (Wildman–Crippen MR) is 38.4 cm³/mol. The second kappa shape index (κ2) is 3.93. The van der Waals surface area contributed by atoms with Gasteiger partial charge in [-0.05, 0) is 18.2 Å². The summed E-state index contributed by atoms with van der Waals surface area (Å²) in [4.78, 5) is 10.2. The van der Waals surface area contributed by atoms with Crippen LogP contribution in [0.2, 0.25) is 0 Å². The van der Waals surface area contributed by atoms with Crippen LogP contribution in [0, 0.1) is 5.82 Å². The number of halogens is 3. The largest absolute Gasteiger partial charge is 0.432 e. The first-order chi connectivity index (χ1) is 6.13. The molecule has 0 unspecified atom stereocenters. The maximum absolute atomic E-state index is 12.7. The Labute approximate surface area is 71.9 Å². The average molecular weight is 190 g/mol. The van der Waals surface area contributed by atoms with Crippen molar-refractivity contribution in [2.75, 3.05) is 0 Å². The number of hydrogen-bond acceptors (Lipinski definition) is 2. The molecule has 0 aromatic heterocycles. The van der Waals surface area contributed by atoms with Gasteiger partial charge in [-0.2, -0.15) is 8.78 Å². The minimum absolute atomic E-state index is 0.0806. The summed E-state index contributed by atoms with van der Waals surface area (Å²) in [6.45, 7) is -3.10. The molecular weight excluding hydrogens is 185 g/mol. The molecule has 1 aromatic rings. The second-order valence-electron chi connectivity index (χ2n) is 2.19. The van der Waals surface area contributed by atoms with Crippen molar-refractivity contribution < 1.29 is 22.7 Å². The Hall–Kier alpha value is -1.52. The lowest BCUT2D eigenvalue weighted by Gasteiger charge is -2.05. The number of ether oxygens (including phenoxy) is 1. The first kappa shape index (κ1) is 9.57. The standard InChI is InChI=1S/C8H5F3O2/c9-6-2-1-5(4-12)3-7(6)13-8(10)11/h1-4,8H. The van der Waals surface area contributed by atoms with E-state index in [9.17, 15) is 18.0 Å². The highest BCUT2D eigenvalue weighted by Gasteiger charge is 2.09. The van der Waals surface area contributed by atoms with Gasteiger partial charge < -0.3 is 4.74 Å². The molecule has 0 bridgehead atoms. The summed E-state index contributed by atoms with van der Waals surface area (Å²) in [5.74, 6) is -1.55. The van der Waals surface area contributed by atoms with E-state index in [-0.39, 0.29) is 5.56 Å². The number of alkyl halides is 2. The Balaban J connectivity index is 2.96. The summed E-state index contributed by atoms with van der Waals surface area (Å²) in [5, 5.41) is 0. The van der Waals surface area contributed by atoms with Crippen LogP contribution in [0.3, 0.4) is 0 Å². The zero-order chi connectivity index (χ0) is 9.84. The number of carbonyl (C=O) groups is 1. The first-order valence-electron chi connectivity index (χ1n) is 3.33. The quantitative estimate of drug-likeness (QED) is 0.683. The number of aldehydes is 1. The van der Waals surface area contributed by atoms with Gasteiger partial charge in [0.05, 0.1) is 0 Å². The van der Waals surface area contributed by atoms with Crippen molar-refractivity contribution in [1.29, 1.82) is 0 Å². The third-order valence-electron chi connectivity index (χ3n) is 1.31. The van der Waals surface area contributed by atoms with Gasteiger partial charge in [-0.25, -0.2) is 4.39 Å². The summed E-state index contributed by atoms with van der Waals surface area (Å²) in [6, 6.07) is 2.97. The van der Waals surface area contributed by atoms with Gasteiger partial charge in [0.1, 0.15) is 6.29 Å². The highest BCUT2D eigenvalue weighted by Crippen LogP contribution is 2.19. The molecule has 70 valence electrons. The van der Waals surface area contributed by atoms with E-state index in [0.29, 0.717) is 6.29 Å².